The number of imidazole rings is 1. The van der Waals surface area contributed by atoms with Crippen molar-refractivity contribution in [2.75, 3.05) is 39.3 Å². The third kappa shape index (κ3) is 12.0. The molecule has 0 aromatic carbocycles. The number of anilines is 1. The number of unbranched alkanes of at least 4 members (excludes halogenated alkanes) is 13. The van der Waals surface area contributed by atoms with Crippen LogP contribution in [0.3, 0.4) is 0 Å². The van der Waals surface area contributed by atoms with Gasteiger partial charge in [0.25, 0.3) is 0 Å². The van der Waals surface area contributed by atoms with Crippen LogP contribution in [-0.4, -0.2) is 86.0 Å². The van der Waals surface area contributed by atoms with E-state index in [9.17, 15) is 19.7 Å². The summed E-state index contributed by atoms with van der Waals surface area (Å²) in [6, 6.07) is 0. The zero-order valence-corrected chi connectivity index (χ0v) is 28.7. The number of phosphoric acid groups is 1. The zero-order valence-electron chi connectivity index (χ0n) is 27.8. The molecule has 0 amide bonds. The van der Waals surface area contributed by atoms with Gasteiger partial charge in [-0.1, -0.05) is 90.4 Å². The molecule has 264 valence electrons. The molecule has 0 bridgehead atoms. The molecule has 15 heteroatoms. The van der Waals surface area contributed by atoms with Crippen molar-refractivity contribution in [3.8, 4) is 5.88 Å². The van der Waals surface area contributed by atoms with Crippen molar-refractivity contribution in [1.82, 2.24) is 19.5 Å². The number of nitrogen functional groups attached to an aromatic ring is 1. The predicted octanol–water partition coefficient (Wildman–Crippen LogP) is 5.45. The molecule has 1 fully saturated rings. The Kier molecular flexibility index (Phi) is 16.6. The molecule has 0 saturated carbocycles. The number of nitrogens with two attached hydrogens (primary N) is 1. The number of methoxy groups -OCH3 is 1. The summed E-state index contributed by atoms with van der Waals surface area (Å²) in [6.07, 6.45) is 16.2. The normalized spacial score (nSPS) is 22.9. The Morgan fingerprint density at radius 2 is 1.52 bits per heavy atom. The second-order valence-corrected chi connectivity index (χ2v) is 13.7. The number of aliphatic hydroxyl groups is 2. The van der Waals surface area contributed by atoms with E-state index in [4.69, 9.17) is 29.0 Å². The number of nitrogens with zero attached hydrogens (tertiary/aromatic N) is 4. The fourth-order valence-corrected chi connectivity index (χ4v) is 6.41. The highest BCUT2D eigenvalue weighted by Gasteiger charge is 2.54. The zero-order chi connectivity index (χ0) is 33.4. The number of ether oxygens (including phenoxy) is 3. The minimum atomic E-state index is -4.44. The first-order valence-electron chi connectivity index (χ1n) is 16.9. The molecule has 1 saturated heterocycles. The van der Waals surface area contributed by atoms with Crippen LogP contribution in [-0.2, 0) is 23.1 Å². The number of hydrogen-bond acceptors (Lipinski definition) is 12. The number of rotatable bonds is 25. The molecule has 5 N–H and O–H groups in total. The van der Waals surface area contributed by atoms with Gasteiger partial charge >= 0.3 is 7.82 Å². The highest BCUT2D eigenvalue weighted by Crippen LogP contribution is 2.46. The Labute approximate surface area is 273 Å². The molecule has 2 aromatic rings. The highest BCUT2D eigenvalue weighted by atomic mass is 31.2. The minimum Gasteiger partial charge on any atom is -0.479 e. The van der Waals surface area contributed by atoms with Crippen LogP contribution < -0.4 is 10.5 Å². The molecule has 5 atom stereocenters. The molecular weight excluding hydrogens is 617 g/mol. The molecule has 1 aliphatic heterocycles. The first kappa shape index (κ1) is 38.5. The molecule has 2 aromatic heterocycles. The van der Waals surface area contributed by atoms with Gasteiger partial charge in [-0.15, -0.1) is 0 Å². The van der Waals surface area contributed by atoms with E-state index in [0.717, 1.165) is 12.8 Å². The number of aromatic nitrogens is 4. The fraction of sp³-hybridized carbons (Fsp3) is 0.839. The number of fused-ring (bicyclic) bond motifs is 1. The predicted molar refractivity (Wildman–Crippen MR) is 174 cm³/mol. The first-order valence-corrected chi connectivity index (χ1v) is 18.4. The van der Waals surface area contributed by atoms with Crippen molar-refractivity contribution >= 4 is 24.9 Å². The summed E-state index contributed by atoms with van der Waals surface area (Å²) in [5, 5.41) is 21.8. The second-order valence-electron chi connectivity index (χ2n) is 12.3. The van der Waals surface area contributed by atoms with Crippen molar-refractivity contribution < 1.29 is 42.9 Å². The van der Waals surface area contributed by atoms with Crippen molar-refractivity contribution in [3.05, 3.63) is 6.33 Å². The fourth-order valence-electron chi connectivity index (χ4n) is 5.64. The standard InChI is InChI=1S/C31H56N5O9P/c1-4-5-6-7-8-9-10-11-12-13-14-15-16-17-19-42-20-18-21-43-46(39,40)44-22-24-26(37)31(2,38)29(45-24)36-23-33-25-27(36)34-30(32)35-28(25)41-3/h23-24,26,29,37-38H,4-22H2,1-3H3,(H,39,40)(H2,32,34,35)/t24-,26-,29?,31-/m1/s1. The van der Waals surface area contributed by atoms with Crippen LogP contribution >= 0.6 is 7.82 Å². The maximum atomic E-state index is 12.4. The third-order valence-corrected chi connectivity index (χ3v) is 9.32. The maximum absolute atomic E-state index is 12.4. The average molecular weight is 674 g/mol. The van der Waals surface area contributed by atoms with Crippen LogP contribution in [0.2, 0.25) is 0 Å². The Morgan fingerprint density at radius 3 is 2.13 bits per heavy atom. The molecule has 0 spiro atoms. The van der Waals surface area contributed by atoms with Crippen LogP contribution in [0.5, 0.6) is 5.88 Å². The summed E-state index contributed by atoms with van der Waals surface area (Å²) in [4.78, 5) is 22.5. The average Bonchev–Trinajstić information content (AvgIpc) is 3.53. The van der Waals surface area contributed by atoms with Gasteiger partial charge in [0.2, 0.25) is 11.8 Å². The van der Waals surface area contributed by atoms with Crippen LogP contribution in [0, 0.1) is 0 Å². The topological polar surface area (TPSA) is 194 Å². The Balaban J connectivity index is 1.24. The van der Waals surface area contributed by atoms with Crippen LogP contribution in [0.4, 0.5) is 5.95 Å². The van der Waals surface area contributed by atoms with E-state index in [2.05, 4.69) is 21.9 Å². The lowest BCUT2D eigenvalue weighted by Crippen LogP contribution is -2.44. The summed E-state index contributed by atoms with van der Waals surface area (Å²) < 4.78 is 40.6. The first-order chi connectivity index (χ1) is 22.1. The molecule has 0 radical (unpaired) electrons. The maximum Gasteiger partial charge on any atom is 0.472 e. The molecule has 0 aliphatic carbocycles. The van der Waals surface area contributed by atoms with Gasteiger partial charge in [-0.05, 0) is 19.8 Å². The quantitative estimate of drug-likeness (QED) is 0.0769. The Morgan fingerprint density at radius 1 is 0.935 bits per heavy atom. The summed E-state index contributed by atoms with van der Waals surface area (Å²) >= 11 is 0. The SMILES string of the molecule is CCCCCCCCCCCCCCCCOCCCOP(=O)(O)OC[C@H]1OC(n2cnc3c(OC)nc(N)nc32)[C@](C)(O)[C@@H]1O. The smallest absolute Gasteiger partial charge is 0.472 e. The summed E-state index contributed by atoms with van der Waals surface area (Å²) in [7, 11) is -3.04. The number of aliphatic hydroxyl groups excluding tert-OH is 1. The second kappa shape index (κ2) is 19.8. The van der Waals surface area contributed by atoms with Gasteiger partial charge in [-0.3, -0.25) is 13.6 Å². The summed E-state index contributed by atoms with van der Waals surface area (Å²) in [5.41, 5.74) is 4.43. The summed E-state index contributed by atoms with van der Waals surface area (Å²) in [5.74, 6) is 0.0562. The van der Waals surface area contributed by atoms with Crippen LogP contribution in [0.25, 0.3) is 11.2 Å². The van der Waals surface area contributed by atoms with Gasteiger partial charge in [0.15, 0.2) is 17.4 Å². The van der Waals surface area contributed by atoms with Crippen LogP contribution in [0.1, 0.15) is 116 Å². The Hall–Kier alpha value is -1.90. The lowest BCUT2D eigenvalue weighted by molar-refractivity contribution is -0.0950. The number of hydrogen-bond donors (Lipinski definition) is 4. The van der Waals surface area contributed by atoms with E-state index in [0.29, 0.717) is 19.6 Å². The van der Waals surface area contributed by atoms with Gasteiger partial charge in [0.1, 0.15) is 17.8 Å². The molecule has 14 nitrogen and oxygen atoms in total. The van der Waals surface area contributed by atoms with E-state index in [1.54, 1.807) is 0 Å². The Bertz CT molecular complexity index is 1200. The van der Waals surface area contributed by atoms with Crippen molar-refractivity contribution in [1.29, 1.82) is 0 Å². The van der Waals surface area contributed by atoms with Crippen molar-refractivity contribution in [2.24, 2.45) is 0 Å². The van der Waals surface area contributed by atoms with Gasteiger partial charge in [0, 0.05) is 13.2 Å². The van der Waals surface area contributed by atoms with Gasteiger partial charge in [-0.25, -0.2) is 9.55 Å². The lowest BCUT2D eigenvalue weighted by Gasteiger charge is -2.27. The molecule has 3 rings (SSSR count). The van der Waals surface area contributed by atoms with Gasteiger partial charge in [0.05, 0.1) is 26.7 Å². The molecule has 1 aliphatic rings. The van der Waals surface area contributed by atoms with E-state index >= 15 is 0 Å². The van der Waals surface area contributed by atoms with E-state index in [1.165, 1.54) is 102 Å². The van der Waals surface area contributed by atoms with Crippen molar-refractivity contribution in [2.45, 2.75) is 134 Å². The summed E-state index contributed by atoms with van der Waals surface area (Å²) in [6.45, 7) is 4.14. The van der Waals surface area contributed by atoms with Gasteiger partial charge in [-0.2, -0.15) is 9.97 Å². The van der Waals surface area contributed by atoms with Crippen LogP contribution in [0.15, 0.2) is 6.33 Å². The van der Waals surface area contributed by atoms with E-state index < -0.39 is 38.5 Å². The van der Waals surface area contributed by atoms with Crippen molar-refractivity contribution in [3.63, 3.8) is 0 Å². The molecular formula is C31H56N5O9P. The van der Waals surface area contributed by atoms with Gasteiger partial charge < -0.3 is 35.1 Å². The van der Waals surface area contributed by atoms with E-state index in [-0.39, 0.29) is 29.6 Å². The molecule has 46 heavy (non-hydrogen) atoms. The highest BCUT2D eigenvalue weighted by molar-refractivity contribution is 7.47. The molecule has 2 unspecified atom stereocenters. The minimum absolute atomic E-state index is 0.0368. The van der Waals surface area contributed by atoms with E-state index in [1.807, 2.05) is 0 Å². The number of phosphoric ester groups is 1. The monoisotopic (exact) mass is 673 g/mol. The molecule has 3 heterocycles. The lowest BCUT2D eigenvalue weighted by atomic mass is 9.96. The third-order valence-electron chi connectivity index (χ3n) is 8.34. The largest absolute Gasteiger partial charge is 0.479 e.